The van der Waals surface area contributed by atoms with E-state index in [0.29, 0.717) is 11.9 Å². The van der Waals surface area contributed by atoms with Gasteiger partial charge in [-0.15, -0.1) is 5.10 Å². The molecule has 1 aromatic rings. The average molecular weight is 236 g/mol. The third-order valence-electron chi connectivity index (χ3n) is 3.50. The molecule has 0 radical (unpaired) electrons. The summed E-state index contributed by atoms with van der Waals surface area (Å²) < 4.78 is 0. The molecule has 0 aliphatic heterocycles. The number of nitrogens with zero attached hydrogens (tertiary/aromatic N) is 2. The molecule has 0 aromatic carbocycles. The van der Waals surface area contributed by atoms with Crippen molar-refractivity contribution in [3.63, 3.8) is 0 Å². The van der Waals surface area contributed by atoms with Gasteiger partial charge in [-0.2, -0.15) is 0 Å². The zero-order valence-electron chi connectivity index (χ0n) is 10.5. The number of carbonyl (C=O) groups is 1. The van der Waals surface area contributed by atoms with Crippen molar-refractivity contribution >= 4 is 5.91 Å². The first kappa shape index (κ1) is 12.1. The number of nitrogens with one attached hydrogen (secondary N) is 2. The molecular formula is C12H20N4O. The summed E-state index contributed by atoms with van der Waals surface area (Å²) in [5, 5.41) is 9.59. The predicted molar refractivity (Wildman–Crippen MR) is 64.6 cm³/mol. The minimum atomic E-state index is -0.156. The molecule has 0 spiro atoms. The molecule has 2 unspecified atom stereocenters. The molecule has 1 amide bonds. The van der Waals surface area contributed by atoms with E-state index in [-0.39, 0.29) is 11.7 Å². The van der Waals surface area contributed by atoms with E-state index in [9.17, 15) is 4.79 Å². The molecule has 17 heavy (non-hydrogen) atoms. The third kappa shape index (κ3) is 3.05. The number of amides is 1. The highest BCUT2D eigenvalue weighted by Gasteiger charge is 2.23. The fraction of sp³-hybridized carbons (Fsp3) is 0.750. The summed E-state index contributed by atoms with van der Waals surface area (Å²) in [6, 6.07) is 0.292. The Bertz CT molecular complexity index is 388. The Morgan fingerprint density at radius 1 is 1.53 bits per heavy atom. The van der Waals surface area contributed by atoms with Gasteiger partial charge in [0.05, 0.1) is 0 Å². The highest BCUT2D eigenvalue weighted by Crippen LogP contribution is 2.26. The number of carbonyl (C=O) groups excluding carboxylic acids is 1. The lowest BCUT2D eigenvalue weighted by molar-refractivity contribution is 0.0909. The molecule has 5 heteroatoms. The van der Waals surface area contributed by atoms with Crippen LogP contribution >= 0.6 is 0 Å². The lowest BCUT2D eigenvalue weighted by Crippen LogP contribution is -2.38. The molecule has 1 aliphatic rings. The van der Waals surface area contributed by atoms with Crippen molar-refractivity contribution in [1.82, 2.24) is 20.5 Å². The van der Waals surface area contributed by atoms with E-state index < -0.39 is 0 Å². The predicted octanol–water partition coefficient (Wildman–Crippen LogP) is 1.81. The van der Waals surface area contributed by atoms with Crippen LogP contribution in [-0.2, 0) is 0 Å². The molecule has 0 saturated heterocycles. The molecule has 0 bridgehead atoms. The lowest BCUT2D eigenvalue weighted by Gasteiger charge is -2.28. The Balaban J connectivity index is 1.90. The Kier molecular flexibility index (Phi) is 3.76. The Hall–Kier alpha value is -1.39. The van der Waals surface area contributed by atoms with Crippen LogP contribution in [0.1, 0.15) is 55.5 Å². The number of hydrogen-bond donors (Lipinski definition) is 2. The summed E-state index contributed by atoms with van der Waals surface area (Å²) in [5.41, 5.74) is 0. The van der Waals surface area contributed by atoms with Crippen LogP contribution in [0, 0.1) is 12.8 Å². The molecule has 1 aromatic heterocycles. The second-order valence-corrected chi connectivity index (χ2v) is 4.86. The Morgan fingerprint density at radius 2 is 2.35 bits per heavy atom. The standard InChI is InChI=1S/C12H20N4O/c1-3-9-5-4-6-10(7-9)14-12(17)11-13-8(2)15-16-11/h9-10H,3-7H2,1-2H3,(H,14,17)(H,13,15,16). The number of rotatable bonds is 3. The van der Waals surface area contributed by atoms with Crippen molar-refractivity contribution in [2.75, 3.05) is 0 Å². The Labute approximate surface area is 101 Å². The third-order valence-corrected chi connectivity index (χ3v) is 3.50. The van der Waals surface area contributed by atoms with Gasteiger partial charge in [0, 0.05) is 6.04 Å². The summed E-state index contributed by atoms with van der Waals surface area (Å²) in [6.07, 6.45) is 5.86. The van der Waals surface area contributed by atoms with Crippen LogP contribution < -0.4 is 5.32 Å². The van der Waals surface area contributed by atoms with Crippen LogP contribution in [0.25, 0.3) is 0 Å². The van der Waals surface area contributed by atoms with E-state index >= 15 is 0 Å². The second kappa shape index (κ2) is 5.29. The quantitative estimate of drug-likeness (QED) is 0.840. The maximum atomic E-state index is 11.9. The molecule has 1 heterocycles. The number of hydrogen-bond acceptors (Lipinski definition) is 3. The molecule has 1 fully saturated rings. The smallest absolute Gasteiger partial charge is 0.291 e. The first-order valence-corrected chi connectivity index (χ1v) is 6.39. The van der Waals surface area contributed by atoms with Gasteiger partial charge < -0.3 is 5.32 Å². The highest BCUT2D eigenvalue weighted by atomic mass is 16.2. The molecule has 2 N–H and O–H groups in total. The lowest BCUT2D eigenvalue weighted by atomic mass is 9.84. The van der Waals surface area contributed by atoms with Crippen molar-refractivity contribution in [1.29, 1.82) is 0 Å². The Morgan fingerprint density at radius 3 is 3.00 bits per heavy atom. The van der Waals surface area contributed by atoms with E-state index in [0.717, 1.165) is 18.8 Å². The van der Waals surface area contributed by atoms with Crippen LogP contribution in [0.15, 0.2) is 0 Å². The molecule has 1 saturated carbocycles. The summed E-state index contributed by atoms with van der Waals surface area (Å²) in [7, 11) is 0. The monoisotopic (exact) mass is 236 g/mol. The highest BCUT2D eigenvalue weighted by molar-refractivity contribution is 5.90. The van der Waals surface area contributed by atoms with Gasteiger partial charge in [-0.05, 0) is 25.7 Å². The number of H-pyrrole nitrogens is 1. The summed E-state index contributed by atoms with van der Waals surface area (Å²) in [6.45, 7) is 4.00. The minimum Gasteiger partial charge on any atom is -0.347 e. The van der Waals surface area contributed by atoms with E-state index in [2.05, 4.69) is 27.4 Å². The maximum absolute atomic E-state index is 11.9. The van der Waals surface area contributed by atoms with Crippen LogP contribution in [0.2, 0.25) is 0 Å². The van der Waals surface area contributed by atoms with Crippen molar-refractivity contribution in [3.05, 3.63) is 11.6 Å². The second-order valence-electron chi connectivity index (χ2n) is 4.86. The zero-order chi connectivity index (χ0) is 12.3. The molecule has 1 aliphatic carbocycles. The van der Waals surface area contributed by atoms with Crippen molar-refractivity contribution in [3.8, 4) is 0 Å². The van der Waals surface area contributed by atoms with Gasteiger partial charge in [-0.1, -0.05) is 26.2 Å². The number of aromatic amines is 1. The topological polar surface area (TPSA) is 70.7 Å². The van der Waals surface area contributed by atoms with Gasteiger partial charge in [-0.25, -0.2) is 4.98 Å². The van der Waals surface area contributed by atoms with E-state index in [4.69, 9.17) is 0 Å². The minimum absolute atomic E-state index is 0.156. The number of aromatic nitrogens is 3. The summed E-state index contributed by atoms with van der Waals surface area (Å²) in [5.74, 6) is 1.52. The van der Waals surface area contributed by atoms with E-state index in [1.807, 2.05) is 0 Å². The summed E-state index contributed by atoms with van der Waals surface area (Å²) in [4.78, 5) is 15.9. The molecule has 5 nitrogen and oxygen atoms in total. The number of aryl methyl sites for hydroxylation is 1. The molecule has 94 valence electrons. The van der Waals surface area contributed by atoms with Crippen LogP contribution in [0.3, 0.4) is 0 Å². The summed E-state index contributed by atoms with van der Waals surface area (Å²) >= 11 is 0. The average Bonchev–Trinajstić information content (AvgIpc) is 2.76. The van der Waals surface area contributed by atoms with Crippen LogP contribution in [0.4, 0.5) is 0 Å². The van der Waals surface area contributed by atoms with Gasteiger partial charge in [0.15, 0.2) is 0 Å². The van der Waals surface area contributed by atoms with E-state index in [1.165, 1.54) is 19.3 Å². The van der Waals surface area contributed by atoms with Gasteiger partial charge >= 0.3 is 0 Å². The molecular weight excluding hydrogens is 216 g/mol. The van der Waals surface area contributed by atoms with Crippen LogP contribution in [-0.4, -0.2) is 27.1 Å². The zero-order valence-corrected chi connectivity index (χ0v) is 10.5. The van der Waals surface area contributed by atoms with Crippen molar-refractivity contribution in [2.24, 2.45) is 5.92 Å². The van der Waals surface area contributed by atoms with Crippen molar-refractivity contribution < 1.29 is 4.79 Å². The first-order chi connectivity index (χ1) is 8.19. The normalized spacial score (nSPS) is 24.6. The van der Waals surface area contributed by atoms with Crippen molar-refractivity contribution in [2.45, 2.75) is 52.0 Å². The first-order valence-electron chi connectivity index (χ1n) is 6.39. The van der Waals surface area contributed by atoms with Crippen LogP contribution in [0.5, 0.6) is 0 Å². The van der Waals surface area contributed by atoms with Gasteiger partial charge in [0.2, 0.25) is 5.82 Å². The fourth-order valence-electron chi connectivity index (χ4n) is 2.49. The molecule has 2 rings (SSSR count). The largest absolute Gasteiger partial charge is 0.347 e. The maximum Gasteiger partial charge on any atom is 0.291 e. The fourth-order valence-corrected chi connectivity index (χ4v) is 2.49. The SMILES string of the molecule is CCC1CCCC(NC(=O)c2n[nH]c(C)n2)C1. The molecule has 2 atom stereocenters. The van der Waals surface area contributed by atoms with E-state index in [1.54, 1.807) is 6.92 Å². The van der Waals surface area contributed by atoms with Gasteiger partial charge in [0.1, 0.15) is 5.82 Å². The van der Waals surface area contributed by atoms with Gasteiger partial charge in [-0.3, -0.25) is 9.89 Å². The van der Waals surface area contributed by atoms with Gasteiger partial charge in [0.25, 0.3) is 5.91 Å².